The van der Waals surface area contributed by atoms with Gasteiger partial charge >= 0.3 is 0 Å². The molecule has 0 radical (unpaired) electrons. The van der Waals surface area contributed by atoms with Gasteiger partial charge in [0.25, 0.3) is 0 Å². The summed E-state index contributed by atoms with van der Waals surface area (Å²) in [5.74, 6) is -1.56. The number of benzene rings is 2. The second kappa shape index (κ2) is 4.82. The largest absolute Gasteiger partial charge is 0.256 e. The zero-order valence-electron chi connectivity index (χ0n) is 8.70. The van der Waals surface area contributed by atoms with Gasteiger partial charge in [-0.1, -0.05) is 6.07 Å². The van der Waals surface area contributed by atoms with Crippen molar-refractivity contribution in [3.63, 3.8) is 0 Å². The quantitative estimate of drug-likeness (QED) is 0.701. The SMILES string of the molecule is Fc1cccc(N=Cc2cc(F)ccc2F)c1. The Labute approximate surface area is 96.2 Å². The van der Waals surface area contributed by atoms with Crippen LogP contribution in [-0.2, 0) is 0 Å². The Hall–Kier alpha value is -2.10. The van der Waals surface area contributed by atoms with Gasteiger partial charge in [-0.15, -0.1) is 0 Å². The van der Waals surface area contributed by atoms with Gasteiger partial charge in [-0.25, -0.2) is 13.2 Å². The predicted molar refractivity (Wildman–Crippen MR) is 60.0 cm³/mol. The Kier molecular flexibility index (Phi) is 3.23. The number of aliphatic imine (C=N–C) groups is 1. The van der Waals surface area contributed by atoms with E-state index in [-0.39, 0.29) is 5.56 Å². The molecule has 0 amide bonds. The van der Waals surface area contributed by atoms with Crippen molar-refractivity contribution in [1.29, 1.82) is 0 Å². The summed E-state index contributed by atoms with van der Waals surface area (Å²) in [4.78, 5) is 3.87. The Morgan fingerprint density at radius 3 is 2.41 bits per heavy atom. The standard InChI is InChI=1S/C13H8F3N/c14-10-2-1-3-12(7-10)17-8-9-6-11(15)4-5-13(9)16/h1-8H. The second-order valence-electron chi connectivity index (χ2n) is 3.40. The number of rotatable bonds is 2. The molecule has 0 aromatic heterocycles. The average Bonchev–Trinajstić information content (AvgIpc) is 2.30. The van der Waals surface area contributed by atoms with Gasteiger partial charge in [0.15, 0.2) is 0 Å². The lowest BCUT2D eigenvalue weighted by Crippen LogP contribution is -1.89. The van der Waals surface area contributed by atoms with Gasteiger partial charge in [0.2, 0.25) is 0 Å². The van der Waals surface area contributed by atoms with Crippen LogP contribution in [0.15, 0.2) is 47.5 Å². The molecule has 0 aliphatic carbocycles. The molecule has 0 saturated carbocycles. The lowest BCUT2D eigenvalue weighted by molar-refractivity contribution is 0.598. The highest BCUT2D eigenvalue weighted by molar-refractivity contribution is 5.82. The van der Waals surface area contributed by atoms with E-state index >= 15 is 0 Å². The zero-order chi connectivity index (χ0) is 12.3. The molecular formula is C13H8F3N. The first-order valence-electron chi connectivity index (χ1n) is 4.90. The maximum Gasteiger partial charge on any atom is 0.132 e. The van der Waals surface area contributed by atoms with E-state index in [0.717, 1.165) is 24.4 Å². The molecule has 0 saturated heterocycles. The van der Waals surface area contributed by atoms with Crippen LogP contribution in [0, 0.1) is 17.5 Å². The Balaban J connectivity index is 2.29. The van der Waals surface area contributed by atoms with E-state index in [1.807, 2.05) is 0 Å². The minimum Gasteiger partial charge on any atom is -0.256 e. The first-order chi connectivity index (χ1) is 8.15. The molecule has 0 aliphatic heterocycles. The van der Waals surface area contributed by atoms with Crippen molar-refractivity contribution >= 4 is 11.9 Å². The number of nitrogens with zero attached hydrogens (tertiary/aromatic N) is 1. The first-order valence-corrected chi connectivity index (χ1v) is 4.90. The fraction of sp³-hybridized carbons (Fsp3) is 0. The third-order valence-electron chi connectivity index (χ3n) is 2.12. The normalized spacial score (nSPS) is 11.0. The van der Waals surface area contributed by atoms with Crippen LogP contribution in [0.4, 0.5) is 18.9 Å². The molecule has 0 fully saturated rings. The van der Waals surface area contributed by atoms with Crippen molar-refractivity contribution in [1.82, 2.24) is 0 Å². The summed E-state index contributed by atoms with van der Waals surface area (Å²) >= 11 is 0. The summed E-state index contributed by atoms with van der Waals surface area (Å²) in [6.07, 6.45) is 1.16. The van der Waals surface area contributed by atoms with E-state index in [0.29, 0.717) is 5.69 Å². The van der Waals surface area contributed by atoms with Crippen molar-refractivity contribution in [2.45, 2.75) is 0 Å². The molecule has 2 aromatic carbocycles. The van der Waals surface area contributed by atoms with Gasteiger partial charge < -0.3 is 0 Å². The lowest BCUT2D eigenvalue weighted by Gasteiger charge is -1.97. The maximum atomic E-state index is 13.2. The van der Waals surface area contributed by atoms with Crippen LogP contribution >= 0.6 is 0 Å². The minimum absolute atomic E-state index is 0.0225. The topological polar surface area (TPSA) is 12.4 Å². The molecule has 2 rings (SSSR count). The van der Waals surface area contributed by atoms with Gasteiger partial charge in [-0.05, 0) is 36.4 Å². The summed E-state index contributed by atoms with van der Waals surface area (Å²) in [5.41, 5.74) is 0.364. The lowest BCUT2D eigenvalue weighted by atomic mass is 10.2. The van der Waals surface area contributed by atoms with Crippen molar-refractivity contribution < 1.29 is 13.2 Å². The van der Waals surface area contributed by atoms with E-state index in [1.54, 1.807) is 6.07 Å². The van der Waals surface area contributed by atoms with Gasteiger partial charge in [-0.2, -0.15) is 0 Å². The Bertz CT molecular complexity index is 564. The molecule has 0 aliphatic rings. The summed E-state index contributed by atoms with van der Waals surface area (Å²) in [7, 11) is 0. The van der Waals surface area contributed by atoms with E-state index < -0.39 is 17.5 Å². The Morgan fingerprint density at radius 1 is 0.882 bits per heavy atom. The molecule has 0 heterocycles. The summed E-state index contributed by atoms with van der Waals surface area (Å²) in [6, 6.07) is 8.60. The number of halogens is 3. The van der Waals surface area contributed by atoms with E-state index in [4.69, 9.17) is 0 Å². The van der Waals surface area contributed by atoms with Gasteiger partial charge in [-0.3, -0.25) is 4.99 Å². The van der Waals surface area contributed by atoms with E-state index in [1.165, 1.54) is 18.2 Å². The van der Waals surface area contributed by atoms with E-state index in [2.05, 4.69) is 4.99 Å². The fourth-order valence-electron chi connectivity index (χ4n) is 1.31. The van der Waals surface area contributed by atoms with Gasteiger partial charge in [0, 0.05) is 11.8 Å². The first kappa shape index (κ1) is 11.4. The maximum absolute atomic E-state index is 13.2. The number of hydrogen-bond acceptors (Lipinski definition) is 1. The van der Waals surface area contributed by atoms with Crippen LogP contribution in [0.2, 0.25) is 0 Å². The summed E-state index contributed by atoms with van der Waals surface area (Å²) in [5, 5.41) is 0. The Morgan fingerprint density at radius 2 is 1.65 bits per heavy atom. The molecule has 1 nitrogen and oxygen atoms in total. The van der Waals surface area contributed by atoms with Crippen molar-refractivity contribution in [3.8, 4) is 0 Å². The van der Waals surface area contributed by atoms with Crippen LogP contribution in [0.5, 0.6) is 0 Å². The van der Waals surface area contributed by atoms with Crippen LogP contribution in [0.3, 0.4) is 0 Å². The number of hydrogen-bond donors (Lipinski definition) is 0. The fourth-order valence-corrected chi connectivity index (χ4v) is 1.31. The van der Waals surface area contributed by atoms with Crippen LogP contribution in [-0.4, -0.2) is 6.21 Å². The molecule has 0 spiro atoms. The summed E-state index contributed by atoms with van der Waals surface area (Å²) in [6.45, 7) is 0. The van der Waals surface area contributed by atoms with Gasteiger partial charge in [0.1, 0.15) is 17.5 Å². The highest BCUT2D eigenvalue weighted by Crippen LogP contribution is 2.14. The second-order valence-corrected chi connectivity index (χ2v) is 3.40. The highest BCUT2D eigenvalue weighted by Gasteiger charge is 2.00. The molecule has 0 atom stereocenters. The van der Waals surface area contributed by atoms with Crippen LogP contribution in [0.1, 0.15) is 5.56 Å². The third kappa shape index (κ3) is 2.93. The molecule has 0 unspecified atom stereocenters. The molecule has 86 valence electrons. The average molecular weight is 235 g/mol. The molecule has 4 heteroatoms. The van der Waals surface area contributed by atoms with Crippen LogP contribution in [0.25, 0.3) is 0 Å². The van der Waals surface area contributed by atoms with Crippen molar-refractivity contribution in [2.24, 2.45) is 4.99 Å². The van der Waals surface area contributed by atoms with Crippen molar-refractivity contribution in [3.05, 3.63) is 65.5 Å². The van der Waals surface area contributed by atoms with Gasteiger partial charge in [0.05, 0.1) is 5.69 Å². The van der Waals surface area contributed by atoms with E-state index in [9.17, 15) is 13.2 Å². The van der Waals surface area contributed by atoms with Crippen LogP contribution < -0.4 is 0 Å². The molecule has 0 N–H and O–H groups in total. The summed E-state index contributed by atoms with van der Waals surface area (Å²) < 4.78 is 38.9. The zero-order valence-corrected chi connectivity index (χ0v) is 8.70. The van der Waals surface area contributed by atoms with Crippen molar-refractivity contribution in [2.75, 3.05) is 0 Å². The highest BCUT2D eigenvalue weighted by atomic mass is 19.1. The third-order valence-corrected chi connectivity index (χ3v) is 2.12. The predicted octanol–water partition coefficient (Wildman–Crippen LogP) is 3.85. The minimum atomic E-state index is -0.577. The molecule has 17 heavy (non-hydrogen) atoms. The molecule has 0 bridgehead atoms. The smallest absolute Gasteiger partial charge is 0.132 e. The molecule has 2 aromatic rings. The monoisotopic (exact) mass is 235 g/mol. The molecular weight excluding hydrogens is 227 g/mol.